The molecular weight excluding hydrogens is 426 g/mol. The van der Waals surface area contributed by atoms with Crippen molar-refractivity contribution in [2.45, 2.75) is 13.5 Å². The minimum Gasteiger partial charge on any atom is -0.497 e. The number of hydrogen-bond donors (Lipinski definition) is 2. The van der Waals surface area contributed by atoms with Gasteiger partial charge in [0, 0.05) is 10.2 Å². The summed E-state index contributed by atoms with van der Waals surface area (Å²) >= 11 is 3.38. The van der Waals surface area contributed by atoms with E-state index in [0.717, 1.165) is 4.47 Å². The molecule has 9 heteroatoms. The van der Waals surface area contributed by atoms with Gasteiger partial charge in [-0.3, -0.25) is 9.59 Å². The predicted octanol–water partition coefficient (Wildman–Crippen LogP) is 3.25. The molecule has 0 bridgehead atoms. The number of aromatic nitrogens is 3. The third kappa shape index (κ3) is 4.55. The molecule has 0 aliphatic carbocycles. The summed E-state index contributed by atoms with van der Waals surface area (Å²) in [7, 11) is 1.57. The first-order valence-electron chi connectivity index (χ1n) is 8.38. The Bertz CT molecular complexity index is 1000. The minimum absolute atomic E-state index is 0.0595. The maximum absolute atomic E-state index is 12.5. The van der Waals surface area contributed by atoms with Crippen LogP contribution in [-0.4, -0.2) is 33.9 Å². The molecule has 0 fully saturated rings. The molecule has 3 rings (SSSR count). The van der Waals surface area contributed by atoms with E-state index in [9.17, 15) is 9.59 Å². The predicted molar refractivity (Wildman–Crippen MR) is 108 cm³/mol. The van der Waals surface area contributed by atoms with Crippen molar-refractivity contribution in [2.75, 3.05) is 17.7 Å². The summed E-state index contributed by atoms with van der Waals surface area (Å²) in [6, 6.07) is 14.2. The average Bonchev–Trinajstić information content (AvgIpc) is 3.04. The van der Waals surface area contributed by atoms with Crippen LogP contribution in [0.4, 0.5) is 11.4 Å². The van der Waals surface area contributed by atoms with Crippen molar-refractivity contribution in [3.63, 3.8) is 0 Å². The Morgan fingerprint density at radius 2 is 1.82 bits per heavy atom. The molecule has 3 aromatic rings. The van der Waals surface area contributed by atoms with Crippen molar-refractivity contribution >= 4 is 39.1 Å². The van der Waals surface area contributed by atoms with E-state index < -0.39 is 5.91 Å². The second-order valence-electron chi connectivity index (χ2n) is 5.89. The molecule has 0 aliphatic rings. The summed E-state index contributed by atoms with van der Waals surface area (Å²) in [4.78, 5) is 24.7. The number of amides is 2. The third-order valence-electron chi connectivity index (χ3n) is 3.99. The van der Waals surface area contributed by atoms with E-state index in [2.05, 4.69) is 36.9 Å². The van der Waals surface area contributed by atoms with Crippen molar-refractivity contribution in [3.8, 4) is 5.75 Å². The highest BCUT2D eigenvalue weighted by atomic mass is 79.9. The Morgan fingerprint density at radius 1 is 1.11 bits per heavy atom. The first-order valence-corrected chi connectivity index (χ1v) is 9.17. The summed E-state index contributed by atoms with van der Waals surface area (Å²) in [5.41, 5.74) is 1.91. The van der Waals surface area contributed by atoms with Crippen molar-refractivity contribution in [1.29, 1.82) is 0 Å². The minimum atomic E-state index is -0.403. The summed E-state index contributed by atoms with van der Waals surface area (Å²) in [6.45, 7) is 1.63. The maximum atomic E-state index is 12.5. The van der Waals surface area contributed by atoms with Crippen LogP contribution in [0.1, 0.15) is 16.2 Å². The molecule has 1 heterocycles. The van der Waals surface area contributed by atoms with E-state index in [4.69, 9.17) is 4.74 Å². The highest BCUT2D eigenvalue weighted by Gasteiger charge is 2.18. The number of hydrogen-bond acceptors (Lipinski definition) is 5. The topological polar surface area (TPSA) is 98.1 Å². The standard InChI is InChI=1S/C19H18BrN5O3/c1-12-18(19(27)21-13-7-9-14(28-2)10-8-13)23-24-25(12)11-17(26)22-16-6-4-3-5-15(16)20/h3-10H,11H2,1-2H3,(H,21,27)(H,22,26). The zero-order valence-electron chi connectivity index (χ0n) is 15.3. The molecule has 0 aliphatic heterocycles. The first-order chi connectivity index (χ1) is 13.5. The molecule has 0 atom stereocenters. The number of carbonyl (C=O) groups is 2. The van der Waals surface area contributed by atoms with Crippen molar-refractivity contribution < 1.29 is 14.3 Å². The fourth-order valence-corrected chi connectivity index (χ4v) is 2.86. The van der Waals surface area contributed by atoms with Gasteiger partial charge in [0.05, 0.1) is 18.5 Å². The molecule has 8 nitrogen and oxygen atoms in total. The molecular formula is C19H18BrN5O3. The monoisotopic (exact) mass is 443 g/mol. The van der Waals surface area contributed by atoms with Crippen LogP contribution >= 0.6 is 15.9 Å². The summed E-state index contributed by atoms with van der Waals surface area (Å²) in [5, 5.41) is 13.4. The van der Waals surface area contributed by atoms with Gasteiger partial charge in [-0.05, 0) is 59.3 Å². The van der Waals surface area contributed by atoms with Gasteiger partial charge in [-0.1, -0.05) is 17.3 Å². The van der Waals surface area contributed by atoms with Crippen molar-refractivity contribution in [3.05, 3.63) is 64.4 Å². The quantitative estimate of drug-likeness (QED) is 0.609. The van der Waals surface area contributed by atoms with Gasteiger partial charge >= 0.3 is 0 Å². The lowest BCUT2D eigenvalue weighted by Gasteiger charge is -2.08. The number of methoxy groups -OCH3 is 1. The zero-order chi connectivity index (χ0) is 20.1. The second-order valence-corrected chi connectivity index (χ2v) is 6.75. The van der Waals surface area contributed by atoms with Gasteiger partial charge in [0.15, 0.2) is 5.69 Å². The number of benzene rings is 2. The lowest BCUT2D eigenvalue weighted by molar-refractivity contribution is -0.117. The van der Waals surface area contributed by atoms with Crippen LogP contribution in [0.5, 0.6) is 5.75 Å². The largest absolute Gasteiger partial charge is 0.497 e. The molecule has 2 N–H and O–H groups in total. The van der Waals surface area contributed by atoms with Gasteiger partial charge in [0.25, 0.3) is 5.91 Å². The Kier molecular flexibility index (Phi) is 6.05. The highest BCUT2D eigenvalue weighted by molar-refractivity contribution is 9.10. The van der Waals surface area contributed by atoms with Crippen LogP contribution in [0.25, 0.3) is 0 Å². The lowest BCUT2D eigenvalue weighted by Crippen LogP contribution is -2.21. The van der Waals surface area contributed by atoms with E-state index >= 15 is 0 Å². The Labute approximate surface area is 170 Å². The van der Waals surface area contributed by atoms with Gasteiger partial charge in [-0.2, -0.15) is 0 Å². The molecule has 0 spiro atoms. The number of anilines is 2. The molecule has 28 heavy (non-hydrogen) atoms. The normalized spacial score (nSPS) is 10.4. The second kappa shape index (κ2) is 8.66. The number of nitrogens with one attached hydrogen (secondary N) is 2. The van der Waals surface area contributed by atoms with E-state index in [1.54, 1.807) is 44.4 Å². The third-order valence-corrected chi connectivity index (χ3v) is 4.68. The van der Waals surface area contributed by atoms with Gasteiger partial charge < -0.3 is 15.4 Å². The first kappa shape index (κ1) is 19.6. The fraction of sp³-hybridized carbons (Fsp3) is 0.158. The van der Waals surface area contributed by atoms with Crippen LogP contribution < -0.4 is 15.4 Å². The van der Waals surface area contributed by atoms with Gasteiger partial charge in [-0.25, -0.2) is 4.68 Å². The van der Waals surface area contributed by atoms with Crippen molar-refractivity contribution in [2.24, 2.45) is 0 Å². The number of nitrogens with zero attached hydrogens (tertiary/aromatic N) is 3. The van der Waals surface area contributed by atoms with Gasteiger partial charge in [0.1, 0.15) is 12.3 Å². The van der Waals surface area contributed by atoms with E-state index in [1.165, 1.54) is 4.68 Å². The van der Waals surface area contributed by atoms with Gasteiger partial charge in [-0.15, -0.1) is 5.10 Å². The van der Waals surface area contributed by atoms with Crippen LogP contribution in [0.3, 0.4) is 0 Å². The van der Waals surface area contributed by atoms with Crippen LogP contribution in [-0.2, 0) is 11.3 Å². The van der Waals surface area contributed by atoms with Crippen LogP contribution in [0.2, 0.25) is 0 Å². The molecule has 1 aromatic heterocycles. The number of rotatable bonds is 6. The van der Waals surface area contributed by atoms with Crippen LogP contribution in [0, 0.1) is 6.92 Å². The van der Waals surface area contributed by atoms with Gasteiger partial charge in [0.2, 0.25) is 5.91 Å². The summed E-state index contributed by atoms with van der Waals surface area (Å²) < 4.78 is 7.25. The molecule has 144 valence electrons. The van der Waals surface area contributed by atoms with E-state index in [-0.39, 0.29) is 18.1 Å². The molecule has 0 unspecified atom stereocenters. The summed E-state index contributed by atoms with van der Waals surface area (Å²) in [6.07, 6.45) is 0. The van der Waals surface area contributed by atoms with E-state index in [0.29, 0.717) is 22.8 Å². The Hall–Kier alpha value is -3.20. The average molecular weight is 444 g/mol. The smallest absolute Gasteiger partial charge is 0.278 e. The molecule has 0 radical (unpaired) electrons. The summed E-state index contributed by atoms with van der Waals surface area (Å²) in [5.74, 6) is 0.0123. The number of para-hydroxylation sites is 1. The number of ether oxygens (including phenoxy) is 1. The molecule has 2 amide bonds. The highest BCUT2D eigenvalue weighted by Crippen LogP contribution is 2.21. The molecule has 0 saturated carbocycles. The molecule has 2 aromatic carbocycles. The molecule has 0 saturated heterocycles. The van der Waals surface area contributed by atoms with Crippen molar-refractivity contribution in [1.82, 2.24) is 15.0 Å². The Morgan fingerprint density at radius 3 is 2.50 bits per heavy atom. The number of halogens is 1. The van der Waals surface area contributed by atoms with E-state index in [1.807, 2.05) is 18.2 Å². The fourth-order valence-electron chi connectivity index (χ4n) is 2.47. The maximum Gasteiger partial charge on any atom is 0.278 e. The zero-order valence-corrected chi connectivity index (χ0v) is 16.9. The lowest BCUT2D eigenvalue weighted by atomic mass is 10.2. The van der Waals surface area contributed by atoms with Crippen LogP contribution in [0.15, 0.2) is 53.0 Å². The SMILES string of the molecule is COc1ccc(NC(=O)c2nnn(CC(=O)Nc3ccccc3Br)c2C)cc1. The Balaban J connectivity index is 1.66. The number of carbonyl (C=O) groups excluding carboxylic acids is 2.